The molecule has 0 spiro atoms. The topological polar surface area (TPSA) is 15.8 Å². The van der Waals surface area contributed by atoms with Crippen molar-refractivity contribution in [3.63, 3.8) is 0 Å². The fourth-order valence-corrected chi connectivity index (χ4v) is 6.51. The number of hydrogen-bond acceptors (Lipinski definition) is 1. The number of aromatic nitrogens is 1. The van der Waals surface area contributed by atoms with Crippen LogP contribution in [0.4, 0.5) is 0 Å². The number of para-hydroxylation sites is 1. The smallest absolute Gasteiger partial charge is 0.0551 e. The molecule has 0 unspecified atom stereocenters. The largest absolute Gasteiger partial charge is 0.354 e. The molecule has 2 heteroatoms. The van der Waals surface area contributed by atoms with Gasteiger partial charge in [-0.2, -0.15) is 0 Å². The van der Waals surface area contributed by atoms with Crippen molar-refractivity contribution in [2.45, 2.75) is 6.92 Å². The van der Waals surface area contributed by atoms with E-state index in [9.17, 15) is 0 Å². The lowest BCUT2D eigenvalue weighted by Gasteiger charge is -2.05. The molecule has 1 N–H and O–H groups in total. The summed E-state index contributed by atoms with van der Waals surface area (Å²) in [5, 5.41) is 10.8. The molecule has 5 aromatic carbocycles. The van der Waals surface area contributed by atoms with Gasteiger partial charge in [-0.3, -0.25) is 0 Å². The van der Waals surface area contributed by atoms with Crippen molar-refractivity contribution < 1.29 is 0 Å². The molecule has 2 aromatic heterocycles. The number of aryl methyl sites for hydroxylation is 1. The summed E-state index contributed by atoms with van der Waals surface area (Å²) in [4.78, 5) is 3.72. The second-order valence-electron chi connectivity index (χ2n) is 7.89. The van der Waals surface area contributed by atoms with Gasteiger partial charge in [-0.25, -0.2) is 0 Å². The van der Waals surface area contributed by atoms with E-state index in [1.54, 1.807) is 0 Å². The highest BCUT2D eigenvalue weighted by Gasteiger charge is 2.18. The molecule has 136 valence electrons. The molecular formula is C27H17NS. The van der Waals surface area contributed by atoms with Crippen LogP contribution < -0.4 is 0 Å². The molecule has 0 aliphatic rings. The molecule has 0 fully saturated rings. The summed E-state index contributed by atoms with van der Waals surface area (Å²) in [5.41, 5.74) is 3.80. The monoisotopic (exact) mass is 387 g/mol. The fraction of sp³-hybridized carbons (Fsp3) is 0.0370. The molecule has 29 heavy (non-hydrogen) atoms. The summed E-state index contributed by atoms with van der Waals surface area (Å²) < 4.78 is 2.79. The van der Waals surface area contributed by atoms with Gasteiger partial charge >= 0.3 is 0 Å². The van der Waals surface area contributed by atoms with E-state index < -0.39 is 0 Å². The second-order valence-corrected chi connectivity index (χ2v) is 8.91. The van der Waals surface area contributed by atoms with Crippen LogP contribution in [-0.2, 0) is 0 Å². The van der Waals surface area contributed by atoms with Crippen LogP contribution in [0.3, 0.4) is 0 Å². The lowest BCUT2D eigenvalue weighted by atomic mass is 9.97. The zero-order valence-corrected chi connectivity index (χ0v) is 16.7. The third kappa shape index (κ3) is 1.89. The van der Waals surface area contributed by atoms with Crippen molar-refractivity contribution in [2.75, 3.05) is 0 Å². The minimum atomic E-state index is 1.21. The van der Waals surface area contributed by atoms with Gasteiger partial charge in [0.2, 0.25) is 0 Å². The predicted molar refractivity (Wildman–Crippen MR) is 128 cm³/mol. The lowest BCUT2D eigenvalue weighted by molar-refractivity contribution is 1.55. The molecule has 2 heterocycles. The molecule has 0 atom stereocenters. The van der Waals surface area contributed by atoms with E-state index in [1.807, 2.05) is 11.3 Å². The highest BCUT2D eigenvalue weighted by atomic mass is 32.1. The molecule has 0 radical (unpaired) electrons. The van der Waals surface area contributed by atoms with Crippen molar-refractivity contribution in [2.24, 2.45) is 0 Å². The van der Waals surface area contributed by atoms with Gasteiger partial charge < -0.3 is 4.98 Å². The average Bonchev–Trinajstić information content (AvgIpc) is 3.32. The van der Waals surface area contributed by atoms with Crippen molar-refractivity contribution in [3.8, 4) is 0 Å². The van der Waals surface area contributed by atoms with Crippen molar-refractivity contribution in [1.82, 2.24) is 4.98 Å². The Morgan fingerprint density at radius 2 is 1.34 bits per heavy atom. The van der Waals surface area contributed by atoms with E-state index in [1.165, 1.54) is 69.1 Å². The average molecular weight is 388 g/mol. The van der Waals surface area contributed by atoms with Crippen LogP contribution in [0.15, 0.2) is 78.9 Å². The van der Waals surface area contributed by atoms with Crippen LogP contribution in [0, 0.1) is 6.92 Å². The number of aromatic amines is 1. The van der Waals surface area contributed by atoms with Gasteiger partial charge in [0.1, 0.15) is 0 Å². The van der Waals surface area contributed by atoms with Crippen LogP contribution in [0.5, 0.6) is 0 Å². The van der Waals surface area contributed by atoms with Gasteiger partial charge in [0.25, 0.3) is 0 Å². The first-order valence-corrected chi connectivity index (χ1v) is 10.8. The summed E-state index contributed by atoms with van der Waals surface area (Å²) in [5.74, 6) is 0. The van der Waals surface area contributed by atoms with Crippen LogP contribution in [0.1, 0.15) is 5.56 Å². The van der Waals surface area contributed by atoms with E-state index in [4.69, 9.17) is 0 Å². The van der Waals surface area contributed by atoms with Gasteiger partial charge in [0, 0.05) is 52.6 Å². The summed E-state index contributed by atoms with van der Waals surface area (Å²) in [7, 11) is 0. The summed E-state index contributed by atoms with van der Waals surface area (Å²) >= 11 is 1.95. The van der Waals surface area contributed by atoms with Gasteiger partial charge in [-0.05, 0) is 23.9 Å². The SMILES string of the molecule is Cc1cccc2ccc3c(sc4c5ccccc5c5[nH]c6ccccc6c5c34)c12. The van der Waals surface area contributed by atoms with Crippen molar-refractivity contribution in [3.05, 3.63) is 84.4 Å². The van der Waals surface area contributed by atoms with E-state index in [0.29, 0.717) is 0 Å². The predicted octanol–water partition coefficient (Wildman–Crippen LogP) is 8.30. The van der Waals surface area contributed by atoms with E-state index in [2.05, 4.69) is 90.8 Å². The first-order valence-electron chi connectivity index (χ1n) is 9.97. The maximum atomic E-state index is 3.72. The molecule has 1 nitrogen and oxygen atoms in total. The van der Waals surface area contributed by atoms with E-state index >= 15 is 0 Å². The third-order valence-corrected chi connectivity index (χ3v) is 7.56. The maximum absolute atomic E-state index is 3.72. The number of thiophene rings is 1. The third-order valence-electron chi connectivity index (χ3n) is 6.30. The summed E-state index contributed by atoms with van der Waals surface area (Å²) in [6, 6.07) is 28.7. The van der Waals surface area contributed by atoms with E-state index in [0.717, 1.165) is 0 Å². The standard InChI is InChI=1S/C27H17NS/c1-15-7-6-8-16-13-14-20-24-23-19-11-4-5-12-21(19)28-25(23)17-9-2-3-10-18(17)26(24)29-27(20)22(15)16/h2-14,28H,1H3. The highest BCUT2D eigenvalue weighted by molar-refractivity contribution is 7.27. The first-order chi connectivity index (χ1) is 14.3. The Bertz CT molecular complexity index is 1760. The minimum absolute atomic E-state index is 1.21. The number of hydrogen-bond donors (Lipinski definition) is 1. The fourth-order valence-electron chi connectivity index (χ4n) is 5.04. The van der Waals surface area contributed by atoms with Crippen LogP contribution in [-0.4, -0.2) is 4.98 Å². The Morgan fingerprint density at radius 3 is 2.24 bits per heavy atom. The molecule has 0 saturated heterocycles. The van der Waals surface area contributed by atoms with Gasteiger partial charge in [0.15, 0.2) is 0 Å². The van der Waals surface area contributed by atoms with Crippen molar-refractivity contribution >= 4 is 74.9 Å². The highest BCUT2D eigenvalue weighted by Crippen LogP contribution is 2.47. The molecule has 0 bridgehead atoms. The van der Waals surface area contributed by atoms with E-state index in [-0.39, 0.29) is 0 Å². The Kier molecular flexibility index (Phi) is 2.88. The summed E-state index contributed by atoms with van der Waals surface area (Å²) in [6.07, 6.45) is 0. The number of H-pyrrole nitrogens is 1. The Hall–Kier alpha value is -3.36. The molecule has 7 aromatic rings. The van der Waals surface area contributed by atoms with Gasteiger partial charge in [-0.15, -0.1) is 11.3 Å². The molecule has 0 saturated carbocycles. The van der Waals surface area contributed by atoms with Gasteiger partial charge in [-0.1, -0.05) is 72.8 Å². The Balaban J connectivity index is 1.89. The molecule has 7 rings (SSSR count). The normalized spacial score (nSPS) is 12.3. The Labute approximate surface area is 171 Å². The number of fused-ring (bicyclic) bond motifs is 12. The molecule has 0 aliphatic carbocycles. The first kappa shape index (κ1) is 15.5. The second kappa shape index (κ2) is 5.37. The zero-order valence-electron chi connectivity index (χ0n) is 15.9. The minimum Gasteiger partial charge on any atom is -0.354 e. The zero-order chi connectivity index (χ0) is 19.1. The van der Waals surface area contributed by atoms with Crippen LogP contribution in [0.25, 0.3) is 63.5 Å². The number of rotatable bonds is 0. The van der Waals surface area contributed by atoms with Gasteiger partial charge in [0.05, 0.1) is 5.52 Å². The van der Waals surface area contributed by atoms with Crippen molar-refractivity contribution in [1.29, 1.82) is 0 Å². The van der Waals surface area contributed by atoms with Crippen LogP contribution >= 0.6 is 11.3 Å². The lowest BCUT2D eigenvalue weighted by Crippen LogP contribution is -1.79. The maximum Gasteiger partial charge on any atom is 0.0551 e. The van der Waals surface area contributed by atoms with Crippen LogP contribution in [0.2, 0.25) is 0 Å². The molecule has 0 amide bonds. The summed E-state index contributed by atoms with van der Waals surface area (Å²) in [6.45, 7) is 2.23. The number of nitrogens with one attached hydrogen (secondary N) is 1. The molecule has 0 aliphatic heterocycles. The Morgan fingerprint density at radius 1 is 0.586 bits per heavy atom. The quantitative estimate of drug-likeness (QED) is 0.269. The number of benzene rings is 5. The molecular weight excluding hydrogens is 370 g/mol.